The van der Waals surface area contributed by atoms with Gasteiger partial charge in [-0.15, -0.1) is 0 Å². The third-order valence-electron chi connectivity index (χ3n) is 1.71. The van der Waals surface area contributed by atoms with Gasteiger partial charge in [0.05, 0.1) is 0 Å². The van der Waals surface area contributed by atoms with Gasteiger partial charge in [0.1, 0.15) is 5.78 Å². The lowest BCUT2D eigenvalue weighted by atomic mass is 10.1. The zero-order valence-electron chi connectivity index (χ0n) is 8.72. The number of ketones is 1. The van der Waals surface area contributed by atoms with Crippen LogP contribution in [0.5, 0.6) is 0 Å². The van der Waals surface area contributed by atoms with Crippen LogP contribution in [0, 0.1) is 5.92 Å². The number of hydrogen-bond acceptors (Lipinski definition) is 2. The number of carbonyl (C=O) groups excluding carboxylic acids is 2. The Morgan fingerprint density at radius 2 is 1.92 bits per heavy atom. The van der Waals surface area contributed by atoms with Crippen molar-refractivity contribution in [1.82, 2.24) is 5.32 Å². The molecule has 0 heterocycles. The second-order valence-corrected chi connectivity index (χ2v) is 3.59. The molecule has 0 aliphatic rings. The second kappa shape index (κ2) is 6.63. The molecule has 0 fully saturated rings. The molecule has 0 saturated carbocycles. The third kappa shape index (κ3) is 7.50. The summed E-state index contributed by atoms with van der Waals surface area (Å²) in [6, 6.07) is 0. The van der Waals surface area contributed by atoms with Crippen molar-refractivity contribution in [3.63, 3.8) is 0 Å². The zero-order valence-corrected chi connectivity index (χ0v) is 8.72. The van der Waals surface area contributed by atoms with Gasteiger partial charge in [-0.1, -0.05) is 20.8 Å². The first-order valence-corrected chi connectivity index (χ1v) is 4.84. The van der Waals surface area contributed by atoms with Crippen LogP contribution < -0.4 is 5.32 Å². The lowest BCUT2D eigenvalue weighted by Gasteiger charge is -2.05. The average molecular weight is 185 g/mol. The number of rotatable bonds is 6. The number of amides is 1. The predicted molar refractivity (Wildman–Crippen MR) is 52.4 cm³/mol. The van der Waals surface area contributed by atoms with E-state index in [1.54, 1.807) is 0 Å². The maximum atomic E-state index is 11.1. The van der Waals surface area contributed by atoms with Crippen LogP contribution >= 0.6 is 0 Å². The molecule has 0 radical (unpaired) electrons. The van der Waals surface area contributed by atoms with Crippen LogP contribution in [0.25, 0.3) is 0 Å². The molecule has 0 spiro atoms. The summed E-state index contributed by atoms with van der Waals surface area (Å²) >= 11 is 0. The lowest BCUT2D eigenvalue weighted by Crippen LogP contribution is -2.26. The Morgan fingerprint density at radius 3 is 2.38 bits per heavy atom. The largest absolute Gasteiger partial charge is 0.356 e. The summed E-state index contributed by atoms with van der Waals surface area (Å²) in [6.45, 7) is 6.31. The number of hydrogen-bond donors (Lipinski definition) is 1. The fourth-order valence-corrected chi connectivity index (χ4v) is 0.961. The van der Waals surface area contributed by atoms with Crippen molar-refractivity contribution in [2.75, 3.05) is 6.54 Å². The van der Waals surface area contributed by atoms with E-state index in [1.165, 1.54) is 0 Å². The molecule has 0 aromatic rings. The van der Waals surface area contributed by atoms with Crippen LogP contribution in [-0.4, -0.2) is 18.2 Å². The summed E-state index contributed by atoms with van der Waals surface area (Å²) in [6.07, 6.45) is 1.56. The van der Waals surface area contributed by atoms with E-state index in [0.717, 1.165) is 0 Å². The average Bonchev–Trinajstić information content (AvgIpc) is 2.02. The molecule has 0 aromatic carbocycles. The molecule has 13 heavy (non-hydrogen) atoms. The van der Waals surface area contributed by atoms with Crippen LogP contribution in [-0.2, 0) is 9.59 Å². The van der Waals surface area contributed by atoms with Crippen LogP contribution in [0.2, 0.25) is 0 Å². The first-order valence-electron chi connectivity index (χ1n) is 4.84. The smallest absolute Gasteiger partial charge is 0.220 e. The molecular weight excluding hydrogens is 166 g/mol. The molecule has 0 rings (SSSR count). The Balaban J connectivity index is 3.42. The van der Waals surface area contributed by atoms with Crippen molar-refractivity contribution in [2.45, 2.75) is 40.0 Å². The van der Waals surface area contributed by atoms with Gasteiger partial charge < -0.3 is 5.32 Å². The summed E-state index contributed by atoms with van der Waals surface area (Å²) in [4.78, 5) is 22.0. The van der Waals surface area contributed by atoms with Crippen LogP contribution in [0.1, 0.15) is 40.0 Å². The highest BCUT2D eigenvalue weighted by atomic mass is 16.1. The molecule has 0 saturated heterocycles. The molecule has 0 aromatic heterocycles. The van der Waals surface area contributed by atoms with E-state index in [-0.39, 0.29) is 11.7 Å². The number of carbonyl (C=O) groups is 2. The summed E-state index contributed by atoms with van der Waals surface area (Å²) in [7, 11) is 0. The number of nitrogens with one attached hydrogen (secondary N) is 1. The maximum absolute atomic E-state index is 11.1. The first kappa shape index (κ1) is 12.1. The van der Waals surface area contributed by atoms with Gasteiger partial charge in [0.25, 0.3) is 0 Å². The minimum absolute atomic E-state index is 0.0407. The van der Waals surface area contributed by atoms with E-state index in [9.17, 15) is 9.59 Å². The van der Waals surface area contributed by atoms with Crippen LogP contribution in [0.15, 0.2) is 0 Å². The Bertz CT molecular complexity index is 176. The van der Waals surface area contributed by atoms with Crippen molar-refractivity contribution in [3.8, 4) is 0 Å². The monoisotopic (exact) mass is 185 g/mol. The standard InChI is InChI=1S/C10H19NO2/c1-4-9(12)5-6-11-10(13)7-8(2)3/h8H,4-7H2,1-3H3,(H,11,13). The third-order valence-corrected chi connectivity index (χ3v) is 1.71. The molecule has 0 atom stereocenters. The van der Waals surface area contributed by atoms with Crippen molar-refractivity contribution < 1.29 is 9.59 Å². The van der Waals surface area contributed by atoms with E-state index >= 15 is 0 Å². The fraction of sp³-hybridized carbons (Fsp3) is 0.800. The Hall–Kier alpha value is -0.860. The van der Waals surface area contributed by atoms with Gasteiger partial charge in [-0.05, 0) is 5.92 Å². The Morgan fingerprint density at radius 1 is 1.31 bits per heavy atom. The molecule has 0 aliphatic heterocycles. The normalized spacial score (nSPS) is 10.2. The SMILES string of the molecule is CCC(=O)CCNC(=O)CC(C)C. The zero-order chi connectivity index (χ0) is 10.3. The van der Waals surface area contributed by atoms with Crippen molar-refractivity contribution in [1.29, 1.82) is 0 Å². The number of Topliss-reactive ketones (excluding diaryl/α,β-unsaturated/α-hetero) is 1. The summed E-state index contributed by atoms with van der Waals surface area (Å²) in [5.74, 6) is 0.616. The maximum Gasteiger partial charge on any atom is 0.220 e. The van der Waals surface area contributed by atoms with E-state index in [2.05, 4.69) is 5.32 Å². The van der Waals surface area contributed by atoms with Gasteiger partial charge >= 0.3 is 0 Å². The molecule has 3 nitrogen and oxygen atoms in total. The molecule has 0 bridgehead atoms. The highest BCUT2D eigenvalue weighted by Gasteiger charge is 2.04. The van der Waals surface area contributed by atoms with Gasteiger partial charge in [-0.2, -0.15) is 0 Å². The minimum atomic E-state index is 0.0407. The van der Waals surface area contributed by atoms with E-state index < -0.39 is 0 Å². The Kier molecular flexibility index (Phi) is 6.20. The molecule has 3 heteroatoms. The van der Waals surface area contributed by atoms with Crippen molar-refractivity contribution in [2.24, 2.45) is 5.92 Å². The fourth-order valence-electron chi connectivity index (χ4n) is 0.961. The predicted octanol–water partition coefficient (Wildman–Crippen LogP) is 1.52. The minimum Gasteiger partial charge on any atom is -0.356 e. The highest BCUT2D eigenvalue weighted by molar-refractivity contribution is 5.80. The van der Waals surface area contributed by atoms with Crippen molar-refractivity contribution >= 4 is 11.7 Å². The molecule has 0 aliphatic carbocycles. The van der Waals surface area contributed by atoms with Crippen LogP contribution in [0.3, 0.4) is 0 Å². The quantitative estimate of drug-likeness (QED) is 0.682. The molecule has 76 valence electrons. The van der Waals surface area contributed by atoms with Gasteiger partial charge in [0.15, 0.2) is 0 Å². The van der Waals surface area contributed by atoms with E-state index in [4.69, 9.17) is 0 Å². The van der Waals surface area contributed by atoms with Gasteiger partial charge in [0.2, 0.25) is 5.91 Å². The lowest BCUT2D eigenvalue weighted by molar-refractivity contribution is -0.122. The summed E-state index contributed by atoms with van der Waals surface area (Å²) in [5.41, 5.74) is 0. The van der Waals surface area contributed by atoms with Gasteiger partial charge in [-0.3, -0.25) is 9.59 Å². The topological polar surface area (TPSA) is 46.2 Å². The Labute approximate surface area is 79.9 Å². The first-order chi connectivity index (χ1) is 6.06. The van der Waals surface area contributed by atoms with Gasteiger partial charge in [0, 0.05) is 25.8 Å². The van der Waals surface area contributed by atoms with E-state index in [0.29, 0.717) is 31.7 Å². The van der Waals surface area contributed by atoms with Crippen molar-refractivity contribution in [3.05, 3.63) is 0 Å². The molecule has 0 unspecified atom stereocenters. The molecule has 1 amide bonds. The highest BCUT2D eigenvalue weighted by Crippen LogP contribution is 1.98. The second-order valence-electron chi connectivity index (χ2n) is 3.59. The summed E-state index contributed by atoms with van der Waals surface area (Å²) in [5, 5.41) is 2.72. The van der Waals surface area contributed by atoms with Gasteiger partial charge in [-0.25, -0.2) is 0 Å². The van der Waals surface area contributed by atoms with E-state index in [1.807, 2.05) is 20.8 Å². The molecule has 1 N–H and O–H groups in total. The van der Waals surface area contributed by atoms with Crippen LogP contribution in [0.4, 0.5) is 0 Å². The summed E-state index contributed by atoms with van der Waals surface area (Å²) < 4.78 is 0. The molecular formula is C10H19NO2.